The van der Waals surface area contributed by atoms with E-state index in [4.69, 9.17) is 0 Å². The van der Waals surface area contributed by atoms with Crippen molar-refractivity contribution in [3.05, 3.63) is 34.9 Å². The van der Waals surface area contributed by atoms with Crippen molar-refractivity contribution in [2.24, 2.45) is 0 Å². The molecule has 1 saturated heterocycles. The van der Waals surface area contributed by atoms with Crippen LogP contribution in [0.25, 0.3) is 0 Å². The van der Waals surface area contributed by atoms with Crippen LogP contribution in [-0.2, 0) is 12.4 Å². The van der Waals surface area contributed by atoms with Crippen LogP contribution in [0, 0.1) is 0 Å². The average Bonchev–Trinajstić information content (AvgIpc) is 2.73. The van der Waals surface area contributed by atoms with E-state index in [0.29, 0.717) is 12.1 Å². The first-order valence-corrected chi connectivity index (χ1v) is 7.15. The predicted octanol–water partition coefficient (Wildman–Crippen LogP) is 4.54. The monoisotopic (exact) mass is 354 g/mol. The van der Waals surface area contributed by atoms with Gasteiger partial charge in [0.25, 0.3) is 0 Å². The summed E-state index contributed by atoms with van der Waals surface area (Å²) < 4.78 is 77.7. The van der Waals surface area contributed by atoms with Crippen LogP contribution in [0.15, 0.2) is 18.2 Å². The number of carbonyl (C=O) groups is 1. The quantitative estimate of drug-likeness (QED) is 0.715. The third-order valence-corrected chi connectivity index (χ3v) is 4.00. The van der Waals surface area contributed by atoms with Gasteiger partial charge in [-0.15, -0.1) is 0 Å². The van der Waals surface area contributed by atoms with Crippen LogP contribution in [0.2, 0.25) is 0 Å². The molecule has 3 nitrogen and oxygen atoms in total. The van der Waals surface area contributed by atoms with E-state index in [1.807, 2.05) is 0 Å². The molecule has 2 rings (SSSR count). The minimum Gasteiger partial charge on any atom is -0.320 e. The second-order valence-electron chi connectivity index (χ2n) is 5.99. The van der Waals surface area contributed by atoms with Crippen LogP contribution in [0.5, 0.6) is 0 Å². The van der Waals surface area contributed by atoms with E-state index < -0.39 is 35.6 Å². The number of amides is 2. The van der Waals surface area contributed by atoms with Gasteiger partial charge in [0, 0.05) is 19.6 Å². The lowest BCUT2D eigenvalue weighted by Gasteiger charge is -2.21. The van der Waals surface area contributed by atoms with Gasteiger partial charge in [-0.3, -0.25) is 0 Å². The van der Waals surface area contributed by atoms with Crippen LogP contribution in [0.3, 0.4) is 0 Å². The summed E-state index contributed by atoms with van der Waals surface area (Å²) in [6.45, 7) is 3.48. The lowest BCUT2D eigenvalue weighted by atomic mass is 9.99. The number of hydrogen-bond acceptors (Lipinski definition) is 1. The van der Waals surface area contributed by atoms with E-state index in [0.717, 1.165) is 4.90 Å². The number of likely N-dealkylation sites (N-methyl/N-ethyl adjacent to an activating group) is 1. The molecular weight excluding hydrogens is 338 g/mol. The molecule has 1 atom stereocenters. The Labute approximate surface area is 134 Å². The Kier molecular flexibility index (Phi) is 4.49. The van der Waals surface area contributed by atoms with Crippen molar-refractivity contribution >= 4 is 6.03 Å². The maximum absolute atomic E-state index is 12.9. The molecule has 9 heteroatoms. The fourth-order valence-electron chi connectivity index (χ4n) is 2.65. The fraction of sp³-hybridized carbons (Fsp3) is 0.533. The summed E-state index contributed by atoms with van der Waals surface area (Å²) in [6.07, 6.45) is -9.82. The fourth-order valence-corrected chi connectivity index (χ4v) is 2.65. The smallest absolute Gasteiger partial charge is 0.320 e. The van der Waals surface area contributed by atoms with Gasteiger partial charge in [0.05, 0.1) is 17.2 Å². The Morgan fingerprint density at radius 2 is 1.46 bits per heavy atom. The van der Waals surface area contributed by atoms with Gasteiger partial charge < -0.3 is 9.80 Å². The molecule has 0 aromatic heterocycles. The van der Waals surface area contributed by atoms with Gasteiger partial charge in [-0.1, -0.05) is 0 Å². The van der Waals surface area contributed by atoms with Crippen molar-refractivity contribution in [2.45, 2.75) is 38.3 Å². The van der Waals surface area contributed by atoms with Gasteiger partial charge in [-0.2, -0.15) is 26.3 Å². The van der Waals surface area contributed by atoms with E-state index in [2.05, 4.69) is 0 Å². The van der Waals surface area contributed by atoms with Gasteiger partial charge in [0.2, 0.25) is 0 Å². The molecule has 0 spiro atoms. The van der Waals surface area contributed by atoms with Gasteiger partial charge >= 0.3 is 18.4 Å². The molecular formula is C15H16F6N2O. The Balaban J connectivity index is 2.52. The molecule has 1 aliphatic rings. The normalized spacial score (nSPS) is 19.6. The molecule has 1 aromatic rings. The molecule has 24 heavy (non-hydrogen) atoms. The summed E-state index contributed by atoms with van der Waals surface area (Å²) in [5.74, 6) is 0. The van der Waals surface area contributed by atoms with Crippen molar-refractivity contribution in [3.63, 3.8) is 0 Å². The summed E-state index contributed by atoms with van der Waals surface area (Å²) in [5, 5.41) is 0. The van der Waals surface area contributed by atoms with E-state index in [1.165, 1.54) is 11.9 Å². The number of benzene rings is 1. The number of halogens is 6. The average molecular weight is 354 g/mol. The Hall–Kier alpha value is -1.93. The van der Waals surface area contributed by atoms with Crippen LogP contribution >= 0.6 is 0 Å². The minimum atomic E-state index is -4.91. The first kappa shape index (κ1) is 18.4. The summed E-state index contributed by atoms with van der Waals surface area (Å²) in [4.78, 5) is 14.7. The first-order valence-electron chi connectivity index (χ1n) is 7.15. The molecule has 2 amide bonds. The summed E-state index contributed by atoms with van der Waals surface area (Å²) in [7, 11) is 1.36. The Morgan fingerprint density at radius 3 is 1.79 bits per heavy atom. The number of hydrogen-bond donors (Lipinski definition) is 0. The highest BCUT2D eigenvalue weighted by atomic mass is 19.4. The lowest BCUT2D eigenvalue weighted by molar-refractivity contribution is -0.143. The number of carbonyl (C=O) groups excluding carboxylic acids is 1. The second kappa shape index (κ2) is 5.86. The molecule has 134 valence electrons. The summed E-state index contributed by atoms with van der Waals surface area (Å²) in [6, 6.07) is -0.0799. The molecule has 1 heterocycles. The van der Waals surface area contributed by atoms with Crippen molar-refractivity contribution in [1.29, 1.82) is 0 Å². The zero-order valence-corrected chi connectivity index (χ0v) is 13.2. The van der Waals surface area contributed by atoms with E-state index >= 15 is 0 Å². The molecule has 1 unspecified atom stereocenters. The third kappa shape index (κ3) is 3.44. The molecule has 0 N–H and O–H groups in total. The maximum Gasteiger partial charge on any atom is 0.416 e. The third-order valence-electron chi connectivity index (χ3n) is 4.00. The molecule has 0 saturated carbocycles. The van der Waals surface area contributed by atoms with Gasteiger partial charge in [0.1, 0.15) is 0 Å². The Bertz CT molecular complexity index is 606. The Morgan fingerprint density at radius 1 is 1.00 bits per heavy atom. The highest BCUT2D eigenvalue weighted by Gasteiger charge is 2.41. The second-order valence-corrected chi connectivity index (χ2v) is 5.99. The van der Waals surface area contributed by atoms with Crippen molar-refractivity contribution in [3.8, 4) is 0 Å². The van der Waals surface area contributed by atoms with Gasteiger partial charge in [-0.05, 0) is 37.6 Å². The maximum atomic E-state index is 12.9. The summed E-state index contributed by atoms with van der Waals surface area (Å²) >= 11 is 0. The highest BCUT2D eigenvalue weighted by molar-refractivity contribution is 5.77. The van der Waals surface area contributed by atoms with Gasteiger partial charge in [-0.25, -0.2) is 4.79 Å². The largest absolute Gasteiger partial charge is 0.416 e. The molecule has 1 aromatic carbocycles. The van der Waals surface area contributed by atoms with Crippen molar-refractivity contribution in [1.82, 2.24) is 9.80 Å². The zero-order chi connectivity index (χ0) is 18.4. The predicted molar refractivity (Wildman–Crippen MR) is 74.2 cm³/mol. The van der Waals surface area contributed by atoms with Crippen LogP contribution in [-0.4, -0.2) is 35.5 Å². The van der Waals surface area contributed by atoms with Crippen LogP contribution in [0.4, 0.5) is 31.1 Å². The molecule has 0 radical (unpaired) electrons. The summed E-state index contributed by atoms with van der Waals surface area (Å²) in [5.41, 5.74) is -2.94. The molecule has 0 bridgehead atoms. The molecule has 1 aliphatic heterocycles. The van der Waals surface area contributed by atoms with E-state index in [1.54, 1.807) is 13.8 Å². The van der Waals surface area contributed by atoms with Gasteiger partial charge in [0.15, 0.2) is 0 Å². The number of rotatable bonds is 2. The molecule has 1 fully saturated rings. The SMILES string of the molecule is CC(C)N1CC(c2cc(C(F)(F)F)cc(C(F)(F)F)c2)N(C)C1=O. The molecule has 0 aliphatic carbocycles. The van der Waals surface area contributed by atoms with Crippen LogP contribution < -0.4 is 0 Å². The number of alkyl halides is 6. The number of nitrogens with zero attached hydrogens (tertiary/aromatic N) is 2. The standard InChI is InChI=1S/C15H16F6N2O/c1-8(2)23-7-12(22(3)13(23)24)9-4-10(14(16,17)18)6-11(5-9)15(19,20)21/h4-6,8,12H,7H2,1-3H3. The van der Waals surface area contributed by atoms with E-state index in [-0.39, 0.29) is 24.2 Å². The highest BCUT2D eigenvalue weighted by Crippen LogP contribution is 2.39. The van der Waals surface area contributed by atoms with Crippen LogP contribution in [0.1, 0.15) is 36.6 Å². The minimum absolute atomic E-state index is 0.0333. The topological polar surface area (TPSA) is 23.6 Å². The van der Waals surface area contributed by atoms with Crippen molar-refractivity contribution in [2.75, 3.05) is 13.6 Å². The first-order chi connectivity index (χ1) is 10.8. The van der Waals surface area contributed by atoms with E-state index in [9.17, 15) is 31.1 Å². The zero-order valence-electron chi connectivity index (χ0n) is 13.2. The lowest BCUT2D eigenvalue weighted by Crippen LogP contribution is -2.34. The number of urea groups is 1. The van der Waals surface area contributed by atoms with Crippen molar-refractivity contribution < 1.29 is 31.1 Å².